The number of rotatable bonds is 5. The highest BCUT2D eigenvalue weighted by molar-refractivity contribution is 6.17. The summed E-state index contributed by atoms with van der Waals surface area (Å²) in [5.41, 5.74) is 0. The molecule has 1 fully saturated rings. The molecule has 98 valence electrons. The standard InChI is InChI=1S/C12H20ClNO3/c1-17-12(16)10-6-3-5-9-14(10)11(15)7-2-4-8-13/h10H,2-9H2,1H3. The first kappa shape index (κ1) is 14.3. The van der Waals surface area contributed by atoms with Gasteiger partial charge in [-0.3, -0.25) is 4.79 Å². The van der Waals surface area contributed by atoms with Crippen molar-refractivity contribution >= 4 is 23.5 Å². The number of hydrogen-bond donors (Lipinski definition) is 0. The van der Waals surface area contributed by atoms with E-state index in [1.165, 1.54) is 7.11 Å². The molecule has 1 saturated heterocycles. The molecule has 1 rings (SSSR count). The van der Waals surface area contributed by atoms with Crippen molar-refractivity contribution in [3.05, 3.63) is 0 Å². The lowest BCUT2D eigenvalue weighted by molar-refractivity contribution is -0.154. The maximum absolute atomic E-state index is 12.0. The van der Waals surface area contributed by atoms with Crippen LogP contribution < -0.4 is 0 Å². The molecule has 0 spiro atoms. The van der Waals surface area contributed by atoms with E-state index in [4.69, 9.17) is 16.3 Å². The molecule has 0 aromatic rings. The lowest BCUT2D eigenvalue weighted by Gasteiger charge is -2.33. The van der Waals surface area contributed by atoms with Gasteiger partial charge in [0.1, 0.15) is 6.04 Å². The zero-order valence-corrected chi connectivity index (χ0v) is 11.0. The zero-order valence-electron chi connectivity index (χ0n) is 10.3. The van der Waals surface area contributed by atoms with Gasteiger partial charge in [0.2, 0.25) is 5.91 Å². The molecule has 0 radical (unpaired) electrons. The molecule has 17 heavy (non-hydrogen) atoms. The van der Waals surface area contributed by atoms with Crippen molar-refractivity contribution in [3.63, 3.8) is 0 Å². The Labute approximate surface area is 107 Å². The summed E-state index contributed by atoms with van der Waals surface area (Å²) in [6.45, 7) is 0.666. The Morgan fingerprint density at radius 1 is 1.35 bits per heavy atom. The van der Waals surface area contributed by atoms with Gasteiger partial charge >= 0.3 is 5.97 Å². The average molecular weight is 262 g/mol. The van der Waals surface area contributed by atoms with Crippen LogP contribution in [0.5, 0.6) is 0 Å². The number of methoxy groups -OCH3 is 1. The molecule has 1 aliphatic heterocycles. The second kappa shape index (κ2) is 7.54. The van der Waals surface area contributed by atoms with Crippen LogP contribution >= 0.6 is 11.6 Å². The van der Waals surface area contributed by atoms with Crippen LogP contribution in [0.25, 0.3) is 0 Å². The lowest BCUT2D eigenvalue weighted by Crippen LogP contribution is -2.48. The summed E-state index contributed by atoms with van der Waals surface area (Å²) >= 11 is 5.57. The van der Waals surface area contributed by atoms with E-state index in [1.807, 2.05) is 0 Å². The smallest absolute Gasteiger partial charge is 0.328 e. The topological polar surface area (TPSA) is 46.6 Å². The van der Waals surface area contributed by atoms with Gasteiger partial charge in [-0.05, 0) is 32.1 Å². The normalized spacial score (nSPS) is 20.1. The number of ether oxygens (including phenoxy) is 1. The molecule has 5 heteroatoms. The van der Waals surface area contributed by atoms with E-state index >= 15 is 0 Å². The van der Waals surface area contributed by atoms with Crippen LogP contribution in [0.15, 0.2) is 0 Å². The van der Waals surface area contributed by atoms with Crippen molar-refractivity contribution in [3.8, 4) is 0 Å². The van der Waals surface area contributed by atoms with Gasteiger partial charge < -0.3 is 9.64 Å². The molecule has 4 nitrogen and oxygen atoms in total. The van der Waals surface area contributed by atoms with E-state index in [0.717, 1.165) is 25.7 Å². The second-order valence-corrected chi connectivity index (χ2v) is 4.65. The van der Waals surface area contributed by atoms with E-state index in [2.05, 4.69) is 0 Å². The van der Waals surface area contributed by atoms with Crippen molar-refractivity contribution in [1.29, 1.82) is 0 Å². The number of amides is 1. The van der Waals surface area contributed by atoms with Crippen molar-refractivity contribution in [2.24, 2.45) is 0 Å². The number of hydrogen-bond acceptors (Lipinski definition) is 3. The Morgan fingerprint density at radius 3 is 2.76 bits per heavy atom. The fourth-order valence-corrected chi connectivity index (χ4v) is 2.31. The largest absolute Gasteiger partial charge is 0.467 e. The van der Waals surface area contributed by atoms with Crippen molar-refractivity contribution in [2.45, 2.75) is 44.6 Å². The molecule has 0 saturated carbocycles. The Balaban J connectivity index is 2.52. The van der Waals surface area contributed by atoms with E-state index in [9.17, 15) is 9.59 Å². The van der Waals surface area contributed by atoms with Crippen molar-refractivity contribution in [1.82, 2.24) is 4.90 Å². The van der Waals surface area contributed by atoms with Crippen LogP contribution in [0.2, 0.25) is 0 Å². The summed E-state index contributed by atoms with van der Waals surface area (Å²) in [6, 6.07) is -0.378. The van der Waals surface area contributed by atoms with Crippen molar-refractivity contribution in [2.75, 3.05) is 19.5 Å². The van der Waals surface area contributed by atoms with E-state index in [0.29, 0.717) is 25.3 Å². The fraction of sp³-hybridized carbons (Fsp3) is 0.833. The van der Waals surface area contributed by atoms with Crippen LogP contribution in [0.1, 0.15) is 38.5 Å². The quantitative estimate of drug-likeness (QED) is 0.432. The molecule has 0 bridgehead atoms. The molecule has 1 amide bonds. The van der Waals surface area contributed by atoms with Gasteiger partial charge in [-0.1, -0.05) is 0 Å². The van der Waals surface area contributed by atoms with Gasteiger partial charge in [-0.25, -0.2) is 4.79 Å². The predicted octanol–water partition coefficient (Wildman–Crippen LogP) is 1.95. The number of carbonyl (C=O) groups is 2. The maximum atomic E-state index is 12.0. The second-order valence-electron chi connectivity index (χ2n) is 4.27. The molecule has 1 heterocycles. The Kier molecular flexibility index (Phi) is 6.34. The Bertz CT molecular complexity index is 270. The first-order valence-corrected chi connectivity index (χ1v) is 6.67. The minimum atomic E-state index is -0.378. The third-order valence-electron chi connectivity index (χ3n) is 3.07. The number of carbonyl (C=O) groups excluding carboxylic acids is 2. The number of nitrogens with zero attached hydrogens (tertiary/aromatic N) is 1. The number of alkyl halides is 1. The summed E-state index contributed by atoms with van der Waals surface area (Å²) in [6.07, 6.45) is 4.75. The summed E-state index contributed by atoms with van der Waals surface area (Å²) in [5, 5.41) is 0. The van der Waals surface area contributed by atoms with Gasteiger partial charge in [0.05, 0.1) is 7.11 Å². The summed E-state index contributed by atoms with van der Waals surface area (Å²) in [4.78, 5) is 25.2. The number of piperidine rings is 1. The monoisotopic (exact) mass is 261 g/mol. The highest BCUT2D eigenvalue weighted by Crippen LogP contribution is 2.19. The van der Waals surface area contributed by atoms with Crippen LogP contribution in [-0.4, -0.2) is 42.4 Å². The molecule has 0 aliphatic carbocycles. The summed E-state index contributed by atoms with van der Waals surface area (Å²) < 4.78 is 4.74. The number of unbranched alkanes of at least 4 members (excludes halogenated alkanes) is 1. The van der Waals surface area contributed by atoms with Crippen molar-refractivity contribution < 1.29 is 14.3 Å². The fourth-order valence-electron chi connectivity index (χ4n) is 2.13. The van der Waals surface area contributed by atoms with E-state index in [-0.39, 0.29) is 17.9 Å². The van der Waals surface area contributed by atoms with E-state index in [1.54, 1.807) is 4.90 Å². The van der Waals surface area contributed by atoms with Gasteiger partial charge in [0, 0.05) is 18.8 Å². The Morgan fingerprint density at radius 2 is 2.12 bits per heavy atom. The zero-order chi connectivity index (χ0) is 12.7. The first-order valence-electron chi connectivity index (χ1n) is 6.14. The molecule has 0 aromatic carbocycles. The maximum Gasteiger partial charge on any atom is 0.328 e. The predicted molar refractivity (Wildman–Crippen MR) is 65.9 cm³/mol. The summed E-state index contributed by atoms with van der Waals surface area (Å²) in [7, 11) is 1.37. The number of halogens is 1. The van der Waals surface area contributed by atoms with Crippen LogP contribution in [0.4, 0.5) is 0 Å². The van der Waals surface area contributed by atoms with Crippen LogP contribution in [-0.2, 0) is 14.3 Å². The van der Waals surface area contributed by atoms with E-state index < -0.39 is 0 Å². The highest BCUT2D eigenvalue weighted by atomic mass is 35.5. The Hall–Kier alpha value is -0.770. The SMILES string of the molecule is COC(=O)C1CCCCN1C(=O)CCCCCl. The van der Waals surface area contributed by atoms with Crippen LogP contribution in [0, 0.1) is 0 Å². The third-order valence-corrected chi connectivity index (χ3v) is 3.34. The average Bonchev–Trinajstić information content (AvgIpc) is 2.38. The molecule has 0 N–H and O–H groups in total. The molecular weight excluding hydrogens is 242 g/mol. The van der Waals surface area contributed by atoms with Gasteiger partial charge in [0.15, 0.2) is 0 Å². The third kappa shape index (κ3) is 4.19. The number of esters is 1. The molecule has 1 aliphatic rings. The van der Waals surface area contributed by atoms with Gasteiger partial charge in [-0.15, -0.1) is 11.6 Å². The molecule has 1 atom stereocenters. The minimum Gasteiger partial charge on any atom is -0.467 e. The highest BCUT2D eigenvalue weighted by Gasteiger charge is 2.32. The lowest BCUT2D eigenvalue weighted by atomic mass is 10.0. The minimum absolute atomic E-state index is 0.0465. The summed E-state index contributed by atoms with van der Waals surface area (Å²) in [5.74, 6) is 0.328. The van der Waals surface area contributed by atoms with Crippen LogP contribution in [0.3, 0.4) is 0 Å². The van der Waals surface area contributed by atoms with Gasteiger partial charge in [-0.2, -0.15) is 0 Å². The first-order chi connectivity index (χ1) is 8.20. The van der Waals surface area contributed by atoms with Gasteiger partial charge in [0.25, 0.3) is 0 Å². The molecule has 1 unspecified atom stereocenters. The molecule has 0 aromatic heterocycles. The number of likely N-dealkylation sites (tertiary alicyclic amines) is 1. The molecular formula is C12H20ClNO3.